The van der Waals surface area contributed by atoms with E-state index < -0.39 is 0 Å². The Labute approximate surface area is 165 Å². The second-order valence-corrected chi connectivity index (χ2v) is 6.07. The molecular weight excluding hydrogens is 360 g/mol. The Bertz CT molecular complexity index is 643. The molecule has 0 fully saturated rings. The highest BCUT2D eigenvalue weighted by atomic mass is 16.5. The molecule has 0 unspecified atom stereocenters. The van der Waals surface area contributed by atoms with Gasteiger partial charge in [-0.1, -0.05) is 26.7 Å². The number of benzene rings is 2. The largest absolute Gasteiger partial charge is 0.508 e. The summed E-state index contributed by atoms with van der Waals surface area (Å²) < 4.78 is 9.98. The number of unbranched alkanes of at least 4 members (excludes halogenated alkanes) is 2. The lowest BCUT2D eigenvalue weighted by Gasteiger charge is -2.03. The lowest BCUT2D eigenvalue weighted by molar-refractivity contribution is 0.0490. The monoisotopic (exact) mass is 388 g/mol. The number of carbonyl (C=O) groups is 2. The van der Waals surface area contributed by atoms with E-state index in [1.807, 2.05) is 13.8 Å². The number of rotatable bonds is 8. The van der Waals surface area contributed by atoms with Crippen molar-refractivity contribution in [1.82, 2.24) is 0 Å². The molecule has 28 heavy (non-hydrogen) atoms. The van der Waals surface area contributed by atoms with Crippen molar-refractivity contribution in [2.75, 3.05) is 13.2 Å². The molecule has 0 atom stereocenters. The summed E-state index contributed by atoms with van der Waals surface area (Å²) in [5, 5.41) is 18.0. The zero-order valence-corrected chi connectivity index (χ0v) is 16.4. The zero-order chi connectivity index (χ0) is 20.8. The minimum atomic E-state index is -0.335. The zero-order valence-electron chi connectivity index (χ0n) is 16.4. The van der Waals surface area contributed by atoms with E-state index in [4.69, 9.17) is 19.7 Å². The van der Waals surface area contributed by atoms with Crippen LogP contribution in [0.4, 0.5) is 0 Å². The van der Waals surface area contributed by atoms with Crippen LogP contribution in [-0.2, 0) is 9.47 Å². The highest BCUT2D eigenvalue weighted by Gasteiger charge is 2.06. The molecule has 6 nitrogen and oxygen atoms in total. The Morgan fingerprint density at radius 2 is 1.00 bits per heavy atom. The predicted molar refractivity (Wildman–Crippen MR) is 107 cm³/mol. The van der Waals surface area contributed by atoms with Crippen LogP contribution in [0.1, 0.15) is 60.2 Å². The third kappa shape index (κ3) is 9.07. The second kappa shape index (κ2) is 13.2. The molecule has 2 aromatic rings. The van der Waals surface area contributed by atoms with Crippen LogP contribution in [-0.4, -0.2) is 35.4 Å². The molecule has 2 aromatic carbocycles. The smallest absolute Gasteiger partial charge is 0.338 e. The summed E-state index contributed by atoms with van der Waals surface area (Å²) in [5.74, 6) is -0.373. The van der Waals surface area contributed by atoms with Crippen molar-refractivity contribution in [1.29, 1.82) is 0 Å². The molecule has 2 rings (SSSR count). The average molecular weight is 388 g/mol. The van der Waals surface area contributed by atoms with Crippen LogP contribution in [0.25, 0.3) is 0 Å². The van der Waals surface area contributed by atoms with Gasteiger partial charge >= 0.3 is 11.9 Å². The molecule has 0 aliphatic rings. The van der Waals surface area contributed by atoms with Gasteiger partial charge in [0.1, 0.15) is 11.5 Å². The molecule has 2 N–H and O–H groups in total. The third-order valence-corrected chi connectivity index (χ3v) is 3.67. The first-order valence-corrected chi connectivity index (χ1v) is 9.40. The first kappa shape index (κ1) is 23.0. The van der Waals surface area contributed by atoms with Crippen molar-refractivity contribution >= 4 is 11.9 Å². The minimum absolute atomic E-state index is 0.148. The standard InChI is InChI=1S/2C11H14O3/c2*1-2-3-8-14-11(13)9-4-6-10(12)7-5-9/h2*4-7,12H,2-3,8H2,1H3. The molecule has 0 amide bonds. The van der Waals surface area contributed by atoms with Crippen LogP contribution < -0.4 is 0 Å². The molecule has 0 aliphatic carbocycles. The lowest BCUT2D eigenvalue weighted by Crippen LogP contribution is -2.05. The number of aromatic hydroxyl groups is 2. The molecule has 0 saturated carbocycles. The lowest BCUT2D eigenvalue weighted by atomic mass is 10.2. The maximum atomic E-state index is 11.3. The minimum Gasteiger partial charge on any atom is -0.508 e. The van der Waals surface area contributed by atoms with E-state index in [1.54, 1.807) is 24.3 Å². The van der Waals surface area contributed by atoms with E-state index in [0.29, 0.717) is 24.3 Å². The van der Waals surface area contributed by atoms with Gasteiger partial charge in [-0.2, -0.15) is 0 Å². The highest BCUT2D eigenvalue weighted by molar-refractivity contribution is 5.89. The average Bonchev–Trinajstić information content (AvgIpc) is 2.70. The fourth-order valence-corrected chi connectivity index (χ4v) is 1.98. The molecule has 0 heterocycles. The van der Waals surface area contributed by atoms with E-state index in [0.717, 1.165) is 25.7 Å². The first-order chi connectivity index (χ1) is 13.5. The van der Waals surface area contributed by atoms with Gasteiger partial charge in [-0.05, 0) is 61.4 Å². The highest BCUT2D eigenvalue weighted by Crippen LogP contribution is 2.11. The summed E-state index contributed by atoms with van der Waals surface area (Å²) in [5.41, 5.74) is 0.942. The predicted octanol–water partition coefficient (Wildman–Crippen LogP) is 4.70. The van der Waals surface area contributed by atoms with E-state index in [9.17, 15) is 9.59 Å². The summed E-state index contributed by atoms with van der Waals surface area (Å²) in [6.45, 7) is 4.98. The second-order valence-electron chi connectivity index (χ2n) is 6.07. The van der Waals surface area contributed by atoms with Gasteiger partial charge in [0.05, 0.1) is 24.3 Å². The molecule has 6 heteroatoms. The maximum Gasteiger partial charge on any atom is 0.338 e. The number of phenolic OH excluding ortho intramolecular Hbond substituents is 2. The fourth-order valence-electron chi connectivity index (χ4n) is 1.98. The summed E-state index contributed by atoms with van der Waals surface area (Å²) in [6, 6.07) is 12.1. The summed E-state index contributed by atoms with van der Waals surface area (Å²) >= 11 is 0. The molecule has 0 saturated heterocycles. The van der Waals surface area contributed by atoms with E-state index >= 15 is 0 Å². The number of phenols is 2. The van der Waals surface area contributed by atoms with Crippen LogP contribution >= 0.6 is 0 Å². The molecule has 0 aromatic heterocycles. The van der Waals surface area contributed by atoms with Crippen molar-refractivity contribution in [3.05, 3.63) is 59.7 Å². The number of hydrogen-bond acceptors (Lipinski definition) is 6. The molecular formula is C22H28O6. The molecule has 0 aliphatic heterocycles. The molecule has 0 spiro atoms. The van der Waals surface area contributed by atoms with Crippen LogP contribution in [0.2, 0.25) is 0 Å². The molecule has 0 bridgehead atoms. The van der Waals surface area contributed by atoms with Crippen molar-refractivity contribution in [2.24, 2.45) is 0 Å². The number of ether oxygens (including phenoxy) is 2. The summed E-state index contributed by atoms with van der Waals surface area (Å²) in [4.78, 5) is 22.7. The molecule has 152 valence electrons. The van der Waals surface area contributed by atoms with Crippen molar-refractivity contribution in [3.63, 3.8) is 0 Å². The van der Waals surface area contributed by atoms with E-state index in [2.05, 4.69) is 0 Å². The summed E-state index contributed by atoms with van der Waals surface area (Å²) in [6.07, 6.45) is 3.76. The van der Waals surface area contributed by atoms with Gasteiger partial charge in [-0.15, -0.1) is 0 Å². The van der Waals surface area contributed by atoms with Crippen LogP contribution in [0.5, 0.6) is 11.5 Å². The van der Waals surface area contributed by atoms with E-state index in [-0.39, 0.29) is 23.4 Å². The van der Waals surface area contributed by atoms with Crippen molar-refractivity contribution < 1.29 is 29.3 Å². The van der Waals surface area contributed by atoms with Gasteiger partial charge in [0, 0.05) is 0 Å². The van der Waals surface area contributed by atoms with Crippen molar-refractivity contribution in [2.45, 2.75) is 39.5 Å². The SMILES string of the molecule is CCCCOC(=O)c1ccc(O)cc1.CCCCOC(=O)c1ccc(O)cc1. The van der Waals surface area contributed by atoms with Crippen molar-refractivity contribution in [3.8, 4) is 11.5 Å². The number of esters is 2. The Morgan fingerprint density at radius 3 is 1.29 bits per heavy atom. The van der Waals surface area contributed by atoms with Crippen LogP contribution in [0, 0.1) is 0 Å². The fraction of sp³-hybridized carbons (Fsp3) is 0.364. The van der Waals surface area contributed by atoms with Crippen LogP contribution in [0.3, 0.4) is 0 Å². The Kier molecular flexibility index (Phi) is 10.8. The third-order valence-electron chi connectivity index (χ3n) is 3.67. The first-order valence-electron chi connectivity index (χ1n) is 9.40. The molecule has 0 radical (unpaired) electrons. The Hall–Kier alpha value is -3.02. The van der Waals surface area contributed by atoms with Crippen LogP contribution in [0.15, 0.2) is 48.5 Å². The number of carbonyl (C=O) groups excluding carboxylic acids is 2. The van der Waals surface area contributed by atoms with E-state index in [1.165, 1.54) is 24.3 Å². The van der Waals surface area contributed by atoms with Gasteiger partial charge in [-0.25, -0.2) is 9.59 Å². The van der Waals surface area contributed by atoms with Gasteiger partial charge < -0.3 is 19.7 Å². The Balaban J connectivity index is 0.000000280. The summed E-state index contributed by atoms with van der Waals surface area (Å²) in [7, 11) is 0. The van der Waals surface area contributed by atoms with Gasteiger partial charge in [0.15, 0.2) is 0 Å². The normalized spacial score (nSPS) is 9.79. The maximum absolute atomic E-state index is 11.3. The number of hydrogen-bond donors (Lipinski definition) is 2. The van der Waals surface area contributed by atoms with Gasteiger partial charge in [0.25, 0.3) is 0 Å². The van der Waals surface area contributed by atoms with Gasteiger partial charge in [-0.3, -0.25) is 0 Å². The Morgan fingerprint density at radius 1 is 0.679 bits per heavy atom. The van der Waals surface area contributed by atoms with Gasteiger partial charge in [0.2, 0.25) is 0 Å². The quantitative estimate of drug-likeness (QED) is 0.503. The topological polar surface area (TPSA) is 93.1 Å².